The molecule has 0 radical (unpaired) electrons. The topological polar surface area (TPSA) is 216 Å². The van der Waals surface area contributed by atoms with E-state index in [9.17, 15) is 0 Å². The fourth-order valence-corrected chi connectivity index (χ4v) is 0. The fraction of sp³-hybridized carbons (Fsp3) is 0. The van der Waals surface area contributed by atoms with Crippen LogP contribution < -0.4 is 89.7 Å². The van der Waals surface area contributed by atoms with Gasteiger partial charge in [-0.15, -0.1) is 0 Å². The largest absolute Gasteiger partial charge is 3.00 e. The molecule has 0 fully saturated rings. The van der Waals surface area contributed by atoms with Crippen molar-refractivity contribution in [2.75, 3.05) is 0 Å². The number of rotatable bonds is 0. The van der Waals surface area contributed by atoms with Gasteiger partial charge in [-0.1, -0.05) is 0 Å². The van der Waals surface area contributed by atoms with Gasteiger partial charge in [0.15, 0.2) is 0 Å². The summed E-state index contributed by atoms with van der Waals surface area (Å²) in [4.78, 5) is 68.6. The molecule has 9 nitrogen and oxygen atoms in total. The van der Waals surface area contributed by atoms with Gasteiger partial charge in [0, 0.05) is 0 Å². The Morgan fingerprint density at radius 3 is 0.600 bits per heavy atom. The minimum absolute atomic E-state index is 0. The second kappa shape index (κ2) is 20.0. The first-order valence-corrected chi connectivity index (χ1v) is 4.90. The van der Waals surface area contributed by atoms with E-state index in [-0.39, 0.29) is 122 Å². The molecule has 0 aliphatic rings. The zero-order chi connectivity index (χ0) is 9.00. The monoisotopic (exact) mass is 317 g/mol. The maximum absolute atomic E-state index is 8.58. The van der Waals surface area contributed by atoms with Crippen molar-refractivity contribution in [3.05, 3.63) is 0 Å². The van der Waals surface area contributed by atoms with Crippen LogP contribution in [0.5, 0.6) is 0 Å². The van der Waals surface area contributed by atoms with Crippen molar-refractivity contribution in [3.63, 3.8) is 0 Å². The predicted molar refractivity (Wildman–Crippen MR) is 32.4 cm³/mol. The van der Waals surface area contributed by atoms with E-state index in [2.05, 4.69) is 0 Å². The summed E-state index contributed by atoms with van der Waals surface area (Å²) >= 11 is 0. The van der Waals surface area contributed by atoms with Gasteiger partial charge >= 0.3 is 117 Å². The van der Waals surface area contributed by atoms with Gasteiger partial charge in [0.25, 0.3) is 0 Å². The molecule has 0 spiro atoms. The van der Waals surface area contributed by atoms with Gasteiger partial charge in [0.05, 0.1) is 0 Å². The van der Waals surface area contributed by atoms with Crippen LogP contribution in [0, 0.1) is 0 Å². The molecule has 0 bridgehead atoms. The molecule has 0 aliphatic heterocycles. The Labute approximate surface area is 175 Å². The van der Waals surface area contributed by atoms with E-state index in [0.717, 1.165) is 0 Å². The van der Waals surface area contributed by atoms with Gasteiger partial charge in [0.2, 0.25) is 0 Å². The molecule has 15 heteroatoms. The minimum Gasteiger partial charge on any atom is -0.894 e. The number of hydrogen-bond donors (Lipinski definition) is 0. The van der Waals surface area contributed by atoms with Crippen molar-refractivity contribution in [2.45, 2.75) is 0 Å². The van der Waals surface area contributed by atoms with E-state index >= 15 is 0 Å². The van der Waals surface area contributed by atoms with Gasteiger partial charge < -0.3 is 61.9 Å². The smallest absolute Gasteiger partial charge is 0.894 e. The molecule has 0 amide bonds. The van der Waals surface area contributed by atoms with Crippen molar-refractivity contribution in [1.29, 1.82) is 0 Å². The maximum Gasteiger partial charge on any atom is 3.00 e. The van der Waals surface area contributed by atoms with Crippen LogP contribution in [0.25, 0.3) is 0 Å². The molecule has 0 aromatic carbocycles. The molecule has 15 heavy (non-hydrogen) atoms. The summed E-state index contributed by atoms with van der Waals surface area (Å²) in [6, 6.07) is 0. The van der Waals surface area contributed by atoms with Crippen LogP contribution in [-0.2, 0) is 0 Å². The summed E-state index contributed by atoms with van der Waals surface area (Å²) < 4.78 is 0. The Bertz CT molecular complexity index is 71.1. The van der Waals surface area contributed by atoms with E-state index < -0.39 is 18.1 Å². The van der Waals surface area contributed by atoms with E-state index in [4.69, 9.17) is 38.4 Å². The molecule has 0 rings (SSSR count). The van der Waals surface area contributed by atoms with Gasteiger partial charge in [-0.2, -0.15) is 0 Å². The molecule has 0 atom stereocenters. The molecule has 0 heterocycles. The Balaban J connectivity index is -0.0000000128. The van der Waals surface area contributed by atoms with Crippen LogP contribution in [0.1, 0.15) is 0 Å². The van der Waals surface area contributed by atoms with E-state index in [1.54, 1.807) is 0 Å². The van der Waals surface area contributed by atoms with Crippen LogP contribution in [0.15, 0.2) is 0 Å². The third-order valence-electron chi connectivity index (χ3n) is 0. The van der Waals surface area contributed by atoms with E-state index in [1.165, 1.54) is 0 Å². The standard InChI is InChI=1S/Al.Be.Ca.K.2O4Si.H2O/c;;;;2*1-5(2,3)4;/h;;;;;;1H2/q+3;2*+2;+1;2*-4;. The first-order valence-electron chi connectivity index (χ1n) is 1.63. The maximum atomic E-state index is 8.58. The van der Waals surface area contributed by atoms with Crippen LogP contribution in [-0.4, -0.2) is 88.8 Å². The second-order valence-electron chi connectivity index (χ2n) is 1.00. The Morgan fingerprint density at radius 2 is 0.600 bits per heavy atom. The van der Waals surface area contributed by atoms with Crippen molar-refractivity contribution < 1.29 is 95.2 Å². The van der Waals surface area contributed by atoms with Crippen LogP contribution in [0.2, 0.25) is 0 Å². The third-order valence-corrected chi connectivity index (χ3v) is 0. The van der Waals surface area contributed by atoms with E-state index in [0.29, 0.717) is 0 Å². The molecule has 2 N–H and O–H groups in total. The molecule has 0 aliphatic carbocycles. The molecular formula is H2AlBeCaKO9Si2. The molecule has 0 saturated carbocycles. The van der Waals surface area contributed by atoms with Crippen LogP contribution >= 0.6 is 0 Å². The Morgan fingerprint density at radius 1 is 0.600 bits per heavy atom. The van der Waals surface area contributed by atoms with Crippen molar-refractivity contribution >= 4 is 83.3 Å². The summed E-state index contributed by atoms with van der Waals surface area (Å²) in [6.07, 6.45) is 0. The first-order chi connectivity index (χ1) is 4.00. The summed E-state index contributed by atoms with van der Waals surface area (Å²) in [7, 11) is -11.2. The van der Waals surface area contributed by atoms with Crippen molar-refractivity contribution in [1.82, 2.24) is 0 Å². The van der Waals surface area contributed by atoms with Crippen LogP contribution in [0.4, 0.5) is 0 Å². The summed E-state index contributed by atoms with van der Waals surface area (Å²) in [5, 5.41) is 0. The van der Waals surface area contributed by atoms with Gasteiger partial charge in [-0.3, -0.25) is 0 Å². The van der Waals surface area contributed by atoms with Gasteiger partial charge in [-0.25, -0.2) is 0 Å². The Kier molecular flexibility index (Phi) is 57.1. The molecule has 0 saturated heterocycles. The molecule has 0 unspecified atom stereocenters. The van der Waals surface area contributed by atoms with E-state index in [1.807, 2.05) is 0 Å². The minimum atomic E-state index is -5.61. The average molecular weight is 317 g/mol. The van der Waals surface area contributed by atoms with Crippen molar-refractivity contribution in [3.8, 4) is 0 Å². The van der Waals surface area contributed by atoms with Gasteiger partial charge in [0.1, 0.15) is 0 Å². The third kappa shape index (κ3) is 322. The Hall–Kier alpha value is 3.67. The SMILES string of the molecule is O.[Al+3].[Be+2].[Ca+2].[K+].[O-][Si]([O-])([O-])[O-].[O-][Si]([O-])([O-])[O-]. The zero-order valence-corrected chi connectivity index (χ0v) is 16.2. The van der Waals surface area contributed by atoms with Crippen LogP contribution in [0.3, 0.4) is 0 Å². The quantitative estimate of drug-likeness (QED) is 0.389. The molecule has 0 aromatic rings. The number of hydrogen-bond acceptors (Lipinski definition) is 8. The van der Waals surface area contributed by atoms with Crippen molar-refractivity contribution in [2.24, 2.45) is 0 Å². The molecule has 72 valence electrons. The molecule has 0 aromatic heterocycles. The first kappa shape index (κ1) is 42.8. The predicted octanol–water partition coefficient (Wildman–Crippen LogP) is -15.2. The van der Waals surface area contributed by atoms with Gasteiger partial charge in [-0.05, 0) is 0 Å². The molecular weight excluding hydrogens is 315 g/mol. The normalized spacial score (nSPS) is 8.00. The summed E-state index contributed by atoms with van der Waals surface area (Å²) in [5.41, 5.74) is 0. The zero-order valence-electron chi connectivity index (χ0n) is 7.76. The fourth-order valence-electron chi connectivity index (χ4n) is 0. The second-order valence-corrected chi connectivity index (χ2v) is 3.00. The average Bonchev–Trinajstić information content (AvgIpc) is 1.12. The summed E-state index contributed by atoms with van der Waals surface area (Å²) in [5.74, 6) is 0. The summed E-state index contributed by atoms with van der Waals surface area (Å²) in [6.45, 7) is 0.